The van der Waals surface area contributed by atoms with Crippen LogP contribution in [-0.2, 0) is 0 Å². The Balaban J connectivity index is 1.46. The molecule has 1 aromatic carbocycles. The molecule has 1 saturated heterocycles. The highest BCUT2D eigenvalue weighted by molar-refractivity contribution is 5.66. The van der Waals surface area contributed by atoms with E-state index in [4.69, 9.17) is 4.98 Å². The number of hydrogen-bond donors (Lipinski definition) is 3. The number of fused-ring (bicyclic) bond motifs is 1. The number of halogens is 1. The summed E-state index contributed by atoms with van der Waals surface area (Å²) >= 11 is 0. The van der Waals surface area contributed by atoms with Gasteiger partial charge in [-0.2, -0.15) is 9.61 Å². The molecule has 1 aliphatic carbocycles. The minimum atomic E-state index is -0.265. The predicted octanol–water partition coefficient (Wildman–Crippen LogP) is 3.90. The highest BCUT2D eigenvalue weighted by Gasteiger charge is 2.28. The van der Waals surface area contributed by atoms with Crippen LogP contribution in [0.15, 0.2) is 36.5 Å². The van der Waals surface area contributed by atoms with E-state index in [1.807, 2.05) is 22.8 Å². The maximum atomic E-state index is 13.6. The third kappa shape index (κ3) is 3.67. The molecule has 2 aliphatic rings. The molecule has 2 aromatic heterocycles. The molecule has 0 unspecified atom stereocenters. The highest BCUT2D eigenvalue weighted by atomic mass is 19.1. The molecule has 3 N–H and O–H groups in total. The van der Waals surface area contributed by atoms with Gasteiger partial charge >= 0.3 is 0 Å². The number of benzene rings is 1. The summed E-state index contributed by atoms with van der Waals surface area (Å²) in [6, 6.07) is 8.44. The van der Waals surface area contributed by atoms with Crippen LogP contribution in [0.25, 0.3) is 5.65 Å². The molecule has 3 heterocycles. The van der Waals surface area contributed by atoms with Gasteiger partial charge in [0.2, 0.25) is 0 Å². The van der Waals surface area contributed by atoms with Crippen molar-refractivity contribution in [1.82, 2.24) is 19.9 Å². The van der Waals surface area contributed by atoms with Crippen LogP contribution in [0.3, 0.4) is 0 Å². The van der Waals surface area contributed by atoms with Crippen LogP contribution in [0, 0.1) is 11.7 Å². The van der Waals surface area contributed by atoms with Crippen molar-refractivity contribution in [3.8, 4) is 0 Å². The third-order valence-electron chi connectivity index (χ3n) is 5.64. The molecule has 1 saturated carbocycles. The molecule has 6 nitrogen and oxygen atoms in total. The SMILES string of the molecule is Fc1cccc(Nc2cc(NCC3CCNCC3)nc3c(C4CC4)cnn23)c1. The second-order valence-electron chi connectivity index (χ2n) is 7.85. The molecule has 0 atom stereocenters. The monoisotopic (exact) mass is 380 g/mol. The minimum Gasteiger partial charge on any atom is -0.370 e. The second kappa shape index (κ2) is 7.39. The Bertz CT molecular complexity index is 974. The first-order chi connectivity index (χ1) is 13.8. The lowest BCUT2D eigenvalue weighted by Gasteiger charge is -2.23. The van der Waals surface area contributed by atoms with Crippen molar-refractivity contribution in [3.63, 3.8) is 0 Å². The van der Waals surface area contributed by atoms with Gasteiger partial charge in [-0.15, -0.1) is 0 Å². The van der Waals surface area contributed by atoms with Gasteiger partial charge in [-0.05, 0) is 68.8 Å². The van der Waals surface area contributed by atoms with Gasteiger partial charge in [-0.3, -0.25) is 0 Å². The Morgan fingerprint density at radius 1 is 1.14 bits per heavy atom. The molecule has 0 radical (unpaired) electrons. The predicted molar refractivity (Wildman–Crippen MR) is 109 cm³/mol. The lowest BCUT2D eigenvalue weighted by molar-refractivity contribution is 0.389. The number of nitrogens with zero attached hydrogens (tertiary/aromatic N) is 3. The normalized spacial score (nSPS) is 17.8. The van der Waals surface area contributed by atoms with Gasteiger partial charge in [0, 0.05) is 23.9 Å². The first-order valence-electron chi connectivity index (χ1n) is 10.1. The van der Waals surface area contributed by atoms with Gasteiger partial charge in [-0.25, -0.2) is 9.37 Å². The topological polar surface area (TPSA) is 66.3 Å². The maximum Gasteiger partial charge on any atom is 0.163 e. The van der Waals surface area contributed by atoms with Gasteiger partial charge in [-0.1, -0.05) is 6.07 Å². The van der Waals surface area contributed by atoms with Crippen molar-refractivity contribution >= 4 is 23.0 Å². The van der Waals surface area contributed by atoms with Crippen LogP contribution in [0.1, 0.15) is 37.2 Å². The zero-order valence-electron chi connectivity index (χ0n) is 15.8. The van der Waals surface area contributed by atoms with E-state index in [0.29, 0.717) is 17.5 Å². The first kappa shape index (κ1) is 17.4. The summed E-state index contributed by atoms with van der Waals surface area (Å²) < 4.78 is 15.4. The van der Waals surface area contributed by atoms with Crippen LogP contribution < -0.4 is 16.0 Å². The van der Waals surface area contributed by atoms with Crippen LogP contribution in [0.5, 0.6) is 0 Å². The van der Waals surface area contributed by atoms with Gasteiger partial charge < -0.3 is 16.0 Å². The van der Waals surface area contributed by atoms with Gasteiger partial charge in [0.05, 0.1) is 6.20 Å². The van der Waals surface area contributed by atoms with Crippen molar-refractivity contribution in [3.05, 3.63) is 47.9 Å². The Hall–Kier alpha value is -2.67. The lowest BCUT2D eigenvalue weighted by Crippen LogP contribution is -2.31. The first-order valence-corrected chi connectivity index (χ1v) is 10.1. The maximum absolute atomic E-state index is 13.6. The lowest BCUT2D eigenvalue weighted by atomic mass is 9.98. The number of aromatic nitrogens is 3. The van der Waals surface area contributed by atoms with Gasteiger partial charge in [0.1, 0.15) is 17.5 Å². The van der Waals surface area contributed by atoms with Crippen molar-refractivity contribution in [2.45, 2.75) is 31.6 Å². The van der Waals surface area contributed by atoms with Gasteiger partial charge in [0.25, 0.3) is 0 Å². The molecular formula is C21H25FN6. The Morgan fingerprint density at radius 2 is 2.00 bits per heavy atom. The van der Waals surface area contributed by atoms with E-state index in [-0.39, 0.29) is 5.82 Å². The highest BCUT2D eigenvalue weighted by Crippen LogP contribution is 2.42. The average molecular weight is 380 g/mol. The van der Waals surface area contributed by atoms with E-state index >= 15 is 0 Å². The molecule has 5 rings (SSSR count). The largest absolute Gasteiger partial charge is 0.370 e. The Kier molecular flexibility index (Phi) is 4.60. The fourth-order valence-corrected chi connectivity index (χ4v) is 3.89. The van der Waals surface area contributed by atoms with Crippen LogP contribution in [0.4, 0.5) is 21.7 Å². The average Bonchev–Trinajstić information content (AvgIpc) is 3.46. The molecule has 3 aromatic rings. The zero-order chi connectivity index (χ0) is 18.9. The van der Waals surface area contributed by atoms with E-state index in [0.717, 1.165) is 36.9 Å². The summed E-state index contributed by atoms with van der Waals surface area (Å²) in [6.07, 6.45) is 6.69. The quantitative estimate of drug-likeness (QED) is 0.605. The summed E-state index contributed by atoms with van der Waals surface area (Å²) in [5.74, 6) is 2.58. The van der Waals surface area contributed by atoms with E-state index in [1.165, 1.54) is 43.4 Å². The Labute approximate surface area is 163 Å². The van der Waals surface area contributed by atoms with Crippen molar-refractivity contribution < 1.29 is 4.39 Å². The fraction of sp³-hybridized carbons (Fsp3) is 0.429. The molecule has 0 amide bonds. The number of piperidine rings is 1. The van der Waals surface area contributed by atoms with E-state index in [2.05, 4.69) is 21.0 Å². The number of rotatable bonds is 6. The molecular weight excluding hydrogens is 355 g/mol. The summed E-state index contributed by atoms with van der Waals surface area (Å²) in [7, 11) is 0. The molecule has 146 valence electrons. The summed E-state index contributed by atoms with van der Waals surface area (Å²) in [6.45, 7) is 3.08. The molecule has 7 heteroatoms. The fourth-order valence-electron chi connectivity index (χ4n) is 3.89. The zero-order valence-corrected chi connectivity index (χ0v) is 15.8. The molecule has 2 fully saturated rings. The summed E-state index contributed by atoms with van der Waals surface area (Å²) in [5.41, 5.74) is 2.78. The minimum absolute atomic E-state index is 0.265. The van der Waals surface area contributed by atoms with Crippen molar-refractivity contribution in [2.24, 2.45) is 5.92 Å². The van der Waals surface area contributed by atoms with Crippen LogP contribution in [0.2, 0.25) is 0 Å². The standard InChI is InChI=1S/C21H25FN6/c22-16-2-1-3-17(10-16)26-20-11-19(24-12-14-6-8-23-9-7-14)27-21-18(15-4-5-15)13-25-28(20)21/h1-3,10-11,13-15,23,26H,4-9,12H2,(H,24,27). The number of anilines is 3. The molecule has 1 aliphatic heterocycles. The molecule has 0 bridgehead atoms. The Morgan fingerprint density at radius 3 is 2.79 bits per heavy atom. The number of hydrogen-bond acceptors (Lipinski definition) is 5. The van der Waals surface area contributed by atoms with Crippen LogP contribution in [-0.4, -0.2) is 34.2 Å². The molecule has 0 spiro atoms. The number of nitrogens with one attached hydrogen (secondary N) is 3. The summed E-state index contributed by atoms with van der Waals surface area (Å²) in [4.78, 5) is 4.86. The third-order valence-corrected chi connectivity index (χ3v) is 5.64. The second-order valence-corrected chi connectivity index (χ2v) is 7.85. The molecule has 28 heavy (non-hydrogen) atoms. The van der Waals surface area contributed by atoms with Crippen molar-refractivity contribution in [1.29, 1.82) is 0 Å². The summed E-state index contributed by atoms with van der Waals surface area (Å²) in [5, 5.41) is 14.8. The van der Waals surface area contributed by atoms with E-state index in [9.17, 15) is 4.39 Å². The van der Waals surface area contributed by atoms with Gasteiger partial charge in [0.15, 0.2) is 5.65 Å². The smallest absolute Gasteiger partial charge is 0.163 e. The van der Waals surface area contributed by atoms with E-state index < -0.39 is 0 Å². The van der Waals surface area contributed by atoms with Crippen LogP contribution >= 0.6 is 0 Å². The van der Waals surface area contributed by atoms with E-state index in [1.54, 1.807) is 6.07 Å². The van der Waals surface area contributed by atoms with Crippen molar-refractivity contribution in [2.75, 3.05) is 30.3 Å².